The summed E-state index contributed by atoms with van der Waals surface area (Å²) in [4.78, 5) is 0. The lowest BCUT2D eigenvalue weighted by Gasteiger charge is -2.21. The van der Waals surface area contributed by atoms with Crippen molar-refractivity contribution >= 4 is 6.08 Å². The molecule has 0 saturated heterocycles. The summed E-state index contributed by atoms with van der Waals surface area (Å²) in [7, 11) is 0. The number of allylic oxidation sites excluding steroid dienone is 1. The van der Waals surface area contributed by atoms with E-state index >= 15 is 0 Å². The predicted molar refractivity (Wildman–Crippen MR) is 89.9 cm³/mol. The number of hydrogen-bond donors (Lipinski definition) is 0. The molecule has 1 aliphatic carbocycles. The van der Waals surface area contributed by atoms with Crippen LogP contribution in [-0.2, 0) is 6.42 Å². The number of rotatable bonds is 6. The highest BCUT2D eigenvalue weighted by molar-refractivity contribution is 5.52. The van der Waals surface area contributed by atoms with E-state index in [0.29, 0.717) is 0 Å². The van der Waals surface area contributed by atoms with E-state index in [9.17, 15) is 0 Å². The molecule has 0 atom stereocenters. The molecule has 1 aromatic rings. The van der Waals surface area contributed by atoms with Gasteiger partial charge in [-0.1, -0.05) is 81.4 Å². The number of benzene rings is 1. The first-order valence-electron chi connectivity index (χ1n) is 8.54. The maximum atomic E-state index is 2.32. The van der Waals surface area contributed by atoms with Crippen LogP contribution in [0.2, 0.25) is 0 Å². The van der Waals surface area contributed by atoms with Crippen LogP contribution in [0.4, 0.5) is 0 Å². The van der Waals surface area contributed by atoms with Crippen LogP contribution in [0, 0.1) is 5.92 Å². The second kappa shape index (κ2) is 8.29. The summed E-state index contributed by atoms with van der Waals surface area (Å²) in [5.41, 5.74) is 4.31. The third kappa shape index (κ3) is 5.15. The normalized spacial score (nSPS) is 17.4. The first kappa shape index (κ1) is 15.4. The third-order valence-electron chi connectivity index (χ3n) is 4.75. The van der Waals surface area contributed by atoms with Crippen LogP contribution >= 0.6 is 0 Å². The van der Waals surface area contributed by atoms with Crippen LogP contribution in [0.15, 0.2) is 29.8 Å². The fraction of sp³-hybridized carbons (Fsp3) is 0.600. The molecule has 1 fully saturated rings. The molecule has 0 nitrogen and oxygen atoms in total. The monoisotopic (exact) mass is 270 g/mol. The van der Waals surface area contributed by atoms with Crippen molar-refractivity contribution in [1.82, 2.24) is 0 Å². The molecule has 0 aromatic heterocycles. The van der Waals surface area contributed by atoms with Crippen LogP contribution in [0.25, 0.3) is 6.08 Å². The van der Waals surface area contributed by atoms with Crippen molar-refractivity contribution < 1.29 is 0 Å². The smallest absolute Gasteiger partial charge is 0.0257 e. The van der Waals surface area contributed by atoms with Gasteiger partial charge in [-0.3, -0.25) is 0 Å². The Morgan fingerprint density at radius 3 is 2.45 bits per heavy atom. The molecule has 0 amide bonds. The average Bonchev–Trinajstić information content (AvgIpc) is 2.50. The van der Waals surface area contributed by atoms with Gasteiger partial charge in [0.05, 0.1) is 0 Å². The van der Waals surface area contributed by atoms with Gasteiger partial charge in [0.1, 0.15) is 0 Å². The Morgan fingerprint density at radius 2 is 1.80 bits per heavy atom. The Kier molecular flexibility index (Phi) is 6.36. The van der Waals surface area contributed by atoms with E-state index < -0.39 is 0 Å². The van der Waals surface area contributed by atoms with Crippen molar-refractivity contribution in [3.05, 3.63) is 41.0 Å². The summed E-state index contributed by atoms with van der Waals surface area (Å²) in [5, 5.41) is 0. The van der Waals surface area contributed by atoms with Crippen molar-refractivity contribution in [1.29, 1.82) is 0 Å². The highest BCUT2D eigenvalue weighted by Gasteiger charge is 2.12. The highest BCUT2D eigenvalue weighted by Crippen LogP contribution is 2.27. The molecule has 0 heterocycles. The molecule has 0 N–H and O–H groups in total. The fourth-order valence-electron chi connectivity index (χ4n) is 3.24. The lowest BCUT2D eigenvalue weighted by Crippen LogP contribution is -2.06. The van der Waals surface area contributed by atoms with Crippen LogP contribution in [0.3, 0.4) is 0 Å². The third-order valence-corrected chi connectivity index (χ3v) is 4.75. The van der Waals surface area contributed by atoms with Crippen LogP contribution in [0.5, 0.6) is 0 Å². The average molecular weight is 270 g/mol. The molecule has 0 unspecified atom stereocenters. The van der Waals surface area contributed by atoms with Gasteiger partial charge in [0.15, 0.2) is 0 Å². The summed E-state index contributed by atoms with van der Waals surface area (Å²) in [6.45, 7) is 4.42. The first-order chi connectivity index (χ1) is 9.78. The molecule has 0 bridgehead atoms. The van der Waals surface area contributed by atoms with Crippen molar-refractivity contribution in [3.63, 3.8) is 0 Å². The molecule has 0 spiro atoms. The molecule has 110 valence electrons. The summed E-state index contributed by atoms with van der Waals surface area (Å²) < 4.78 is 0. The van der Waals surface area contributed by atoms with E-state index in [1.807, 2.05) is 0 Å². The van der Waals surface area contributed by atoms with Gasteiger partial charge in [0.25, 0.3) is 0 Å². The summed E-state index contributed by atoms with van der Waals surface area (Å²) in [6.07, 6.45) is 14.9. The fourth-order valence-corrected chi connectivity index (χ4v) is 3.24. The molecule has 0 aliphatic heterocycles. The molecule has 2 rings (SSSR count). The zero-order chi connectivity index (χ0) is 14.2. The molecule has 20 heavy (non-hydrogen) atoms. The Balaban J connectivity index is 1.76. The largest absolute Gasteiger partial charge is 0.0730 e. The van der Waals surface area contributed by atoms with Gasteiger partial charge in [0, 0.05) is 0 Å². The van der Waals surface area contributed by atoms with E-state index in [-0.39, 0.29) is 0 Å². The van der Waals surface area contributed by atoms with Crippen LogP contribution < -0.4 is 0 Å². The van der Waals surface area contributed by atoms with Gasteiger partial charge >= 0.3 is 0 Å². The zero-order valence-corrected chi connectivity index (χ0v) is 13.3. The SMILES string of the molecule is CC/C(C)=C/c1ccc(CCCC2CCCCC2)cc1. The summed E-state index contributed by atoms with van der Waals surface area (Å²) in [5.74, 6) is 1.03. The second-order valence-corrected chi connectivity index (χ2v) is 6.48. The lowest BCUT2D eigenvalue weighted by atomic mass is 9.85. The van der Waals surface area contributed by atoms with Crippen molar-refractivity contribution in [2.24, 2.45) is 5.92 Å². The van der Waals surface area contributed by atoms with Gasteiger partial charge < -0.3 is 0 Å². The molecular formula is C20H30. The molecule has 0 heteroatoms. The molecule has 1 saturated carbocycles. The van der Waals surface area contributed by atoms with E-state index in [1.165, 1.54) is 68.1 Å². The Hall–Kier alpha value is -1.04. The van der Waals surface area contributed by atoms with E-state index in [0.717, 1.165) is 12.3 Å². The number of hydrogen-bond acceptors (Lipinski definition) is 0. The lowest BCUT2D eigenvalue weighted by molar-refractivity contribution is 0.332. The summed E-state index contributed by atoms with van der Waals surface area (Å²) in [6, 6.07) is 9.18. The van der Waals surface area contributed by atoms with Crippen molar-refractivity contribution in [2.45, 2.75) is 71.6 Å². The van der Waals surface area contributed by atoms with Gasteiger partial charge in [0.2, 0.25) is 0 Å². The minimum atomic E-state index is 1.03. The van der Waals surface area contributed by atoms with E-state index in [1.54, 1.807) is 0 Å². The molecule has 1 aliphatic rings. The minimum Gasteiger partial charge on any atom is -0.0730 e. The van der Waals surface area contributed by atoms with E-state index in [4.69, 9.17) is 0 Å². The Morgan fingerprint density at radius 1 is 1.10 bits per heavy atom. The Bertz CT molecular complexity index is 404. The Labute approximate surface area is 125 Å². The molecule has 0 radical (unpaired) electrons. The first-order valence-corrected chi connectivity index (χ1v) is 8.54. The van der Waals surface area contributed by atoms with Crippen molar-refractivity contribution in [3.8, 4) is 0 Å². The maximum Gasteiger partial charge on any atom is -0.0257 e. The van der Waals surface area contributed by atoms with Gasteiger partial charge in [-0.15, -0.1) is 0 Å². The van der Waals surface area contributed by atoms with Gasteiger partial charge in [-0.05, 0) is 43.2 Å². The minimum absolute atomic E-state index is 1.03. The van der Waals surface area contributed by atoms with Gasteiger partial charge in [-0.2, -0.15) is 0 Å². The summed E-state index contributed by atoms with van der Waals surface area (Å²) >= 11 is 0. The quantitative estimate of drug-likeness (QED) is 0.561. The van der Waals surface area contributed by atoms with E-state index in [2.05, 4.69) is 44.2 Å². The maximum absolute atomic E-state index is 2.32. The van der Waals surface area contributed by atoms with Crippen molar-refractivity contribution in [2.75, 3.05) is 0 Å². The second-order valence-electron chi connectivity index (χ2n) is 6.48. The number of aryl methyl sites for hydroxylation is 1. The van der Waals surface area contributed by atoms with Crippen LogP contribution in [0.1, 0.15) is 76.3 Å². The highest BCUT2D eigenvalue weighted by atomic mass is 14.2. The zero-order valence-electron chi connectivity index (χ0n) is 13.3. The predicted octanol–water partition coefficient (Wildman–Crippen LogP) is 6.40. The topological polar surface area (TPSA) is 0 Å². The standard InChI is InChI=1S/C20H30/c1-3-17(2)16-20-14-12-19(13-15-20)11-7-10-18-8-5-4-6-9-18/h12-16,18H,3-11H2,1-2H3/b17-16+. The van der Waals surface area contributed by atoms with Crippen LogP contribution in [-0.4, -0.2) is 0 Å². The van der Waals surface area contributed by atoms with Gasteiger partial charge in [-0.25, -0.2) is 0 Å². The molecular weight excluding hydrogens is 240 g/mol. The molecule has 1 aromatic carbocycles.